The highest BCUT2D eigenvalue weighted by molar-refractivity contribution is 9.10. The van der Waals surface area contributed by atoms with Crippen LogP contribution >= 0.6 is 39.1 Å². The Labute approximate surface area is 129 Å². The molecule has 0 bridgehead atoms. The van der Waals surface area contributed by atoms with Gasteiger partial charge in [-0.2, -0.15) is 0 Å². The van der Waals surface area contributed by atoms with Crippen molar-refractivity contribution in [2.75, 3.05) is 7.11 Å². The van der Waals surface area contributed by atoms with E-state index in [2.05, 4.69) is 15.9 Å². The van der Waals surface area contributed by atoms with Gasteiger partial charge in [-0.25, -0.2) is 0 Å². The van der Waals surface area contributed by atoms with Crippen molar-refractivity contribution < 1.29 is 9.53 Å². The van der Waals surface area contributed by atoms with Crippen LogP contribution in [0.25, 0.3) is 0 Å². The lowest BCUT2D eigenvalue weighted by atomic mass is 10.0. The highest BCUT2D eigenvalue weighted by Crippen LogP contribution is 2.28. The summed E-state index contributed by atoms with van der Waals surface area (Å²) in [5.74, 6) is 0.294. The quantitative estimate of drug-likeness (QED) is 0.721. The maximum Gasteiger partial charge on any atom is 0.196 e. The highest BCUT2D eigenvalue weighted by Gasteiger charge is 2.16. The van der Waals surface area contributed by atoms with Crippen LogP contribution in [-0.4, -0.2) is 12.9 Å². The zero-order valence-corrected chi connectivity index (χ0v) is 13.0. The molecule has 98 valence electrons. The van der Waals surface area contributed by atoms with E-state index < -0.39 is 0 Å². The third-order valence-electron chi connectivity index (χ3n) is 2.59. The first-order valence-corrected chi connectivity index (χ1v) is 6.91. The molecule has 19 heavy (non-hydrogen) atoms. The molecule has 0 fully saturated rings. The minimum atomic E-state index is -0.186. The maximum absolute atomic E-state index is 12.4. The molecule has 0 radical (unpaired) electrons. The second-order valence-corrected chi connectivity index (χ2v) is 5.50. The van der Waals surface area contributed by atoms with Crippen LogP contribution < -0.4 is 4.74 Å². The van der Waals surface area contributed by atoms with E-state index in [1.54, 1.807) is 36.4 Å². The van der Waals surface area contributed by atoms with E-state index in [1.165, 1.54) is 7.11 Å². The van der Waals surface area contributed by atoms with E-state index in [1.807, 2.05) is 0 Å². The van der Waals surface area contributed by atoms with E-state index in [-0.39, 0.29) is 5.78 Å². The van der Waals surface area contributed by atoms with Crippen molar-refractivity contribution in [2.45, 2.75) is 0 Å². The van der Waals surface area contributed by atoms with Crippen LogP contribution in [0.4, 0.5) is 0 Å². The van der Waals surface area contributed by atoms with Gasteiger partial charge in [-0.15, -0.1) is 0 Å². The van der Waals surface area contributed by atoms with Crippen LogP contribution in [0, 0.1) is 0 Å². The molecular weight excluding hydrogens is 351 g/mol. The lowest BCUT2D eigenvalue weighted by Gasteiger charge is -2.08. The van der Waals surface area contributed by atoms with E-state index in [9.17, 15) is 4.79 Å². The number of ether oxygens (including phenoxy) is 1. The summed E-state index contributed by atoms with van der Waals surface area (Å²) in [5.41, 5.74) is 0.891. The summed E-state index contributed by atoms with van der Waals surface area (Å²) in [6.07, 6.45) is 0. The smallest absolute Gasteiger partial charge is 0.196 e. The number of carbonyl (C=O) groups is 1. The first-order chi connectivity index (χ1) is 9.02. The van der Waals surface area contributed by atoms with Crippen molar-refractivity contribution >= 4 is 44.9 Å². The largest absolute Gasteiger partial charge is 0.496 e. The molecule has 5 heteroatoms. The molecule has 0 heterocycles. The molecule has 0 amide bonds. The average Bonchev–Trinajstić information content (AvgIpc) is 2.41. The Balaban J connectivity index is 2.49. The summed E-state index contributed by atoms with van der Waals surface area (Å²) in [7, 11) is 1.51. The fraction of sp³-hybridized carbons (Fsp3) is 0.0714. The van der Waals surface area contributed by atoms with Crippen molar-refractivity contribution in [3.63, 3.8) is 0 Å². The zero-order valence-electron chi connectivity index (χ0n) is 9.91. The van der Waals surface area contributed by atoms with E-state index in [4.69, 9.17) is 27.9 Å². The summed E-state index contributed by atoms with van der Waals surface area (Å²) in [6, 6.07) is 9.94. The fourth-order valence-corrected chi connectivity index (χ4v) is 2.25. The predicted molar refractivity (Wildman–Crippen MR) is 80.6 cm³/mol. The number of benzene rings is 2. The van der Waals surface area contributed by atoms with Crippen molar-refractivity contribution in [2.24, 2.45) is 0 Å². The number of rotatable bonds is 3. The standard InChI is InChI=1S/C14H9BrCl2O2/c1-19-13-5-3-9(16)7-10(13)14(18)8-2-4-11(15)12(17)6-8/h2-7H,1H3. The summed E-state index contributed by atoms with van der Waals surface area (Å²) in [6.45, 7) is 0. The summed E-state index contributed by atoms with van der Waals surface area (Å²) < 4.78 is 5.91. The van der Waals surface area contributed by atoms with Crippen molar-refractivity contribution in [1.29, 1.82) is 0 Å². The van der Waals surface area contributed by atoms with Crippen LogP contribution in [0.1, 0.15) is 15.9 Å². The average molecular weight is 360 g/mol. The van der Waals surface area contributed by atoms with E-state index >= 15 is 0 Å². The topological polar surface area (TPSA) is 26.3 Å². The van der Waals surface area contributed by atoms with Gasteiger partial charge in [0.1, 0.15) is 5.75 Å². The number of carbonyl (C=O) groups excluding carboxylic acids is 1. The number of halogens is 3. The number of ketones is 1. The van der Waals surface area contributed by atoms with Gasteiger partial charge in [-0.3, -0.25) is 4.79 Å². The highest BCUT2D eigenvalue weighted by atomic mass is 79.9. The van der Waals surface area contributed by atoms with Crippen LogP contribution in [0.15, 0.2) is 40.9 Å². The Morgan fingerprint density at radius 3 is 2.53 bits per heavy atom. The van der Waals surface area contributed by atoms with Crippen LogP contribution in [0.2, 0.25) is 10.0 Å². The van der Waals surface area contributed by atoms with Gasteiger partial charge in [-0.05, 0) is 52.3 Å². The normalized spacial score (nSPS) is 10.3. The van der Waals surface area contributed by atoms with Crippen molar-refractivity contribution in [3.05, 3.63) is 62.0 Å². The first-order valence-electron chi connectivity index (χ1n) is 5.36. The monoisotopic (exact) mass is 358 g/mol. The van der Waals surface area contributed by atoms with Gasteiger partial charge in [0.25, 0.3) is 0 Å². The molecule has 0 aliphatic carbocycles. The Hall–Kier alpha value is -1.03. The molecule has 0 spiro atoms. The number of hydrogen-bond donors (Lipinski definition) is 0. The molecule has 0 saturated carbocycles. The van der Waals surface area contributed by atoms with Crippen molar-refractivity contribution in [1.82, 2.24) is 0 Å². The van der Waals surface area contributed by atoms with E-state index in [0.717, 1.165) is 4.47 Å². The first kappa shape index (κ1) is 14.4. The number of methoxy groups -OCH3 is 1. The molecular formula is C14H9BrCl2O2. The minimum absolute atomic E-state index is 0.186. The van der Waals surface area contributed by atoms with Gasteiger partial charge in [0.05, 0.1) is 17.7 Å². The second-order valence-electron chi connectivity index (χ2n) is 3.80. The zero-order chi connectivity index (χ0) is 14.0. The molecule has 0 saturated heterocycles. The van der Waals surface area contributed by atoms with Gasteiger partial charge in [0, 0.05) is 15.1 Å². The molecule has 0 atom stereocenters. The molecule has 0 aromatic heterocycles. The summed E-state index contributed by atoms with van der Waals surface area (Å²) >= 11 is 15.2. The van der Waals surface area contributed by atoms with Crippen LogP contribution in [-0.2, 0) is 0 Å². The SMILES string of the molecule is COc1ccc(Cl)cc1C(=O)c1ccc(Br)c(Cl)c1. The fourth-order valence-electron chi connectivity index (χ4n) is 1.65. The molecule has 2 nitrogen and oxygen atoms in total. The van der Waals surface area contributed by atoms with Gasteiger partial charge in [-0.1, -0.05) is 23.2 Å². The van der Waals surface area contributed by atoms with E-state index in [0.29, 0.717) is 26.9 Å². The van der Waals surface area contributed by atoms with Gasteiger partial charge < -0.3 is 4.74 Å². The third-order valence-corrected chi connectivity index (χ3v) is 4.06. The summed E-state index contributed by atoms with van der Waals surface area (Å²) in [5, 5.41) is 0.958. The molecule has 2 aromatic carbocycles. The molecule has 0 unspecified atom stereocenters. The Bertz CT molecular complexity index is 641. The molecule has 0 aliphatic heterocycles. The van der Waals surface area contributed by atoms with Gasteiger partial charge >= 0.3 is 0 Å². The number of hydrogen-bond acceptors (Lipinski definition) is 2. The Morgan fingerprint density at radius 2 is 1.89 bits per heavy atom. The molecule has 2 aromatic rings. The second kappa shape index (κ2) is 5.95. The predicted octanol–water partition coefficient (Wildman–Crippen LogP) is 5.00. The van der Waals surface area contributed by atoms with Crippen LogP contribution in [0.5, 0.6) is 5.75 Å². The minimum Gasteiger partial charge on any atom is -0.496 e. The van der Waals surface area contributed by atoms with Crippen molar-refractivity contribution in [3.8, 4) is 5.75 Å². The van der Waals surface area contributed by atoms with Gasteiger partial charge in [0.15, 0.2) is 5.78 Å². The third kappa shape index (κ3) is 3.11. The lowest BCUT2D eigenvalue weighted by molar-refractivity contribution is 0.103. The Kier molecular flexibility index (Phi) is 4.50. The lowest BCUT2D eigenvalue weighted by Crippen LogP contribution is -2.04. The van der Waals surface area contributed by atoms with Gasteiger partial charge in [0.2, 0.25) is 0 Å². The maximum atomic E-state index is 12.4. The molecule has 0 N–H and O–H groups in total. The summed E-state index contributed by atoms with van der Waals surface area (Å²) in [4.78, 5) is 12.4. The van der Waals surface area contributed by atoms with Crippen LogP contribution in [0.3, 0.4) is 0 Å². The molecule has 2 rings (SSSR count). The molecule has 0 aliphatic rings. The Morgan fingerprint density at radius 1 is 1.16 bits per heavy atom.